The van der Waals surface area contributed by atoms with Crippen LogP contribution >= 0.6 is 0 Å². The molecule has 1 rings (SSSR count). The molecule has 5 nitrogen and oxygen atoms in total. The van der Waals surface area contributed by atoms with Gasteiger partial charge < -0.3 is 15.3 Å². The number of nitrogens with zero attached hydrogens (tertiary/aromatic N) is 1. The number of carboxylic acid groups (broad SMARTS) is 1. The number of hydrogen-bond donors (Lipinski definition) is 2. The van der Waals surface area contributed by atoms with Gasteiger partial charge in [-0.1, -0.05) is 6.08 Å². The average Bonchev–Trinajstić information content (AvgIpc) is 2.84. The van der Waals surface area contributed by atoms with E-state index in [0.29, 0.717) is 6.42 Å². The summed E-state index contributed by atoms with van der Waals surface area (Å²) < 4.78 is 38.5. The standard InChI is InChI=1S/C14H21F3N2O3/c1-3-4-5-6-9(2)18-13(22)19-7-10(12(20)21)11(8-19)14(15,16)17/h3,9-11H,1,4-8H2,2H3,(H,18,22)(H,20,21)/t9?,10-,11-/m1/s1. The molecule has 2 amide bonds. The Hall–Kier alpha value is -1.73. The number of urea groups is 1. The summed E-state index contributed by atoms with van der Waals surface area (Å²) in [5, 5.41) is 11.5. The van der Waals surface area contributed by atoms with Crippen molar-refractivity contribution in [1.82, 2.24) is 10.2 Å². The molecule has 0 aliphatic carbocycles. The van der Waals surface area contributed by atoms with Gasteiger partial charge in [-0.15, -0.1) is 6.58 Å². The SMILES string of the molecule is C=CCCCC(C)NC(=O)N1C[C@@H](C(F)(F)F)[C@H](C(=O)O)C1. The molecular formula is C14H21F3N2O3. The van der Waals surface area contributed by atoms with E-state index in [9.17, 15) is 22.8 Å². The number of carbonyl (C=O) groups is 2. The monoisotopic (exact) mass is 322 g/mol. The molecule has 126 valence electrons. The summed E-state index contributed by atoms with van der Waals surface area (Å²) in [6.45, 7) is 4.29. The van der Waals surface area contributed by atoms with Gasteiger partial charge in [-0.2, -0.15) is 13.2 Å². The third kappa shape index (κ3) is 4.92. The van der Waals surface area contributed by atoms with E-state index in [1.54, 1.807) is 13.0 Å². The molecule has 0 bridgehead atoms. The molecule has 2 N–H and O–H groups in total. The smallest absolute Gasteiger partial charge is 0.394 e. The molecular weight excluding hydrogens is 301 g/mol. The highest BCUT2D eigenvalue weighted by Crippen LogP contribution is 2.37. The Labute approximate surface area is 127 Å². The third-order valence-electron chi connectivity index (χ3n) is 3.76. The molecule has 0 aromatic heterocycles. The first-order chi connectivity index (χ1) is 10.2. The van der Waals surface area contributed by atoms with Crippen molar-refractivity contribution in [3.05, 3.63) is 12.7 Å². The molecule has 22 heavy (non-hydrogen) atoms. The Kier molecular flexibility index (Phi) is 6.25. The van der Waals surface area contributed by atoms with Gasteiger partial charge in [0.2, 0.25) is 0 Å². The number of likely N-dealkylation sites (tertiary alicyclic amines) is 1. The molecule has 0 saturated carbocycles. The number of nitrogens with one attached hydrogen (secondary N) is 1. The molecule has 1 saturated heterocycles. The van der Waals surface area contributed by atoms with Crippen LogP contribution < -0.4 is 5.32 Å². The second-order valence-corrected chi connectivity index (χ2v) is 5.57. The van der Waals surface area contributed by atoms with Crippen molar-refractivity contribution in [2.75, 3.05) is 13.1 Å². The van der Waals surface area contributed by atoms with Gasteiger partial charge in [-0.05, 0) is 26.2 Å². The number of carboxylic acids is 1. The number of hydrogen-bond acceptors (Lipinski definition) is 2. The van der Waals surface area contributed by atoms with Gasteiger partial charge in [0.05, 0.1) is 11.8 Å². The quantitative estimate of drug-likeness (QED) is 0.583. The molecule has 0 spiro atoms. The zero-order chi connectivity index (χ0) is 16.9. The molecule has 0 aromatic rings. The number of alkyl halides is 3. The fraction of sp³-hybridized carbons (Fsp3) is 0.714. The maximum atomic E-state index is 12.8. The van der Waals surface area contributed by atoms with Crippen LogP contribution in [0.4, 0.5) is 18.0 Å². The zero-order valence-corrected chi connectivity index (χ0v) is 12.4. The second-order valence-electron chi connectivity index (χ2n) is 5.57. The van der Waals surface area contributed by atoms with Gasteiger partial charge in [0.25, 0.3) is 0 Å². The van der Waals surface area contributed by atoms with Crippen molar-refractivity contribution < 1.29 is 27.9 Å². The highest BCUT2D eigenvalue weighted by atomic mass is 19.4. The normalized spacial score (nSPS) is 23.2. The first-order valence-electron chi connectivity index (χ1n) is 7.12. The molecule has 0 aromatic carbocycles. The fourth-order valence-electron chi connectivity index (χ4n) is 2.49. The van der Waals surface area contributed by atoms with Crippen LogP contribution in [0.2, 0.25) is 0 Å². The summed E-state index contributed by atoms with van der Waals surface area (Å²) in [5.41, 5.74) is 0. The minimum Gasteiger partial charge on any atom is -0.481 e. The van der Waals surface area contributed by atoms with Crippen molar-refractivity contribution in [1.29, 1.82) is 0 Å². The molecule has 1 fully saturated rings. The number of aliphatic carboxylic acids is 1. The van der Waals surface area contributed by atoms with Gasteiger partial charge in [0.15, 0.2) is 0 Å². The van der Waals surface area contributed by atoms with Gasteiger partial charge >= 0.3 is 18.2 Å². The van der Waals surface area contributed by atoms with Crippen LogP contribution in [0.3, 0.4) is 0 Å². The number of amides is 2. The van der Waals surface area contributed by atoms with Crippen LogP contribution in [0.15, 0.2) is 12.7 Å². The van der Waals surface area contributed by atoms with Crippen LogP contribution in [-0.2, 0) is 4.79 Å². The van der Waals surface area contributed by atoms with Crippen LogP contribution in [0.25, 0.3) is 0 Å². The molecule has 3 atom stereocenters. The van der Waals surface area contributed by atoms with E-state index >= 15 is 0 Å². The predicted molar refractivity (Wildman–Crippen MR) is 74.3 cm³/mol. The zero-order valence-electron chi connectivity index (χ0n) is 12.4. The van der Waals surface area contributed by atoms with Crippen molar-refractivity contribution in [2.24, 2.45) is 11.8 Å². The van der Waals surface area contributed by atoms with Gasteiger partial charge in [-0.3, -0.25) is 4.79 Å². The Morgan fingerprint density at radius 1 is 1.45 bits per heavy atom. The first-order valence-corrected chi connectivity index (χ1v) is 7.12. The topological polar surface area (TPSA) is 69.6 Å². The molecule has 8 heteroatoms. The van der Waals surface area contributed by atoms with Crippen LogP contribution in [0.1, 0.15) is 26.2 Å². The van der Waals surface area contributed by atoms with Gasteiger partial charge in [0, 0.05) is 19.1 Å². The number of unbranched alkanes of at least 4 members (excludes halogenated alkanes) is 1. The van der Waals surface area contributed by atoms with Crippen molar-refractivity contribution in [2.45, 2.75) is 38.4 Å². The molecule has 1 heterocycles. The fourth-order valence-corrected chi connectivity index (χ4v) is 2.49. The van der Waals surface area contributed by atoms with Gasteiger partial charge in [-0.25, -0.2) is 4.79 Å². The Balaban J connectivity index is 2.60. The lowest BCUT2D eigenvalue weighted by atomic mass is 9.96. The number of halogens is 3. The molecule has 0 radical (unpaired) electrons. The van der Waals surface area contributed by atoms with E-state index in [2.05, 4.69) is 11.9 Å². The third-order valence-corrected chi connectivity index (χ3v) is 3.76. The summed E-state index contributed by atoms with van der Waals surface area (Å²) in [6.07, 6.45) is -0.597. The van der Waals surface area contributed by atoms with Crippen LogP contribution in [0, 0.1) is 11.8 Å². The van der Waals surface area contributed by atoms with E-state index in [1.165, 1.54) is 0 Å². The second kappa shape index (κ2) is 7.51. The summed E-state index contributed by atoms with van der Waals surface area (Å²) in [7, 11) is 0. The number of carbonyl (C=O) groups excluding carboxylic acids is 1. The lowest BCUT2D eigenvalue weighted by Crippen LogP contribution is -2.43. The van der Waals surface area contributed by atoms with E-state index in [-0.39, 0.29) is 6.04 Å². The largest absolute Gasteiger partial charge is 0.481 e. The van der Waals surface area contributed by atoms with Crippen LogP contribution in [-0.4, -0.2) is 47.3 Å². The van der Waals surface area contributed by atoms with E-state index in [0.717, 1.165) is 17.7 Å². The maximum Gasteiger partial charge on any atom is 0.394 e. The van der Waals surface area contributed by atoms with Crippen molar-refractivity contribution in [3.63, 3.8) is 0 Å². The van der Waals surface area contributed by atoms with E-state index < -0.39 is 43.1 Å². The van der Waals surface area contributed by atoms with E-state index in [4.69, 9.17) is 5.11 Å². The lowest BCUT2D eigenvalue weighted by molar-refractivity contribution is -0.187. The highest BCUT2D eigenvalue weighted by molar-refractivity contribution is 5.78. The minimum absolute atomic E-state index is 0.194. The van der Waals surface area contributed by atoms with Crippen molar-refractivity contribution >= 4 is 12.0 Å². The highest BCUT2D eigenvalue weighted by Gasteiger charge is 2.53. The summed E-state index contributed by atoms with van der Waals surface area (Å²) in [6, 6.07) is -0.843. The van der Waals surface area contributed by atoms with Crippen molar-refractivity contribution in [3.8, 4) is 0 Å². The molecule has 1 aliphatic heterocycles. The van der Waals surface area contributed by atoms with E-state index in [1.807, 2.05) is 0 Å². The lowest BCUT2D eigenvalue weighted by Gasteiger charge is -2.21. The maximum absolute atomic E-state index is 12.8. The number of rotatable bonds is 6. The Bertz CT molecular complexity index is 426. The Morgan fingerprint density at radius 2 is 2.09 bits per heavy atom. The summed E-state index contributed by atoms with van der Waals surface area (Å²) >= 11 is 0. The first kappa shape index (κ1) is 18.3. The number of allylic oxidation sites excluding steroid dienone is 1. The van der Waals surface area contributed by atoms with Gasteiger partial charge in [0.1, 0.15) is 0 Å². The minimum atomic E-state index is -4.63. The molecule has 1 aliphatic rings. The van der Waals surface area contributed by atoms with Crippen LogP contribution in [0.5, 0.6) is 0 Å². The predicted octanol–water partition coefficient (Wildman–Crippen LogP) is 2.64. The molecule has 1 unspecified atom stereocenters. The average molecular weight is 322 g/mol. The summed E-state index contributed by atoms with van der Waals surface area (Å²) in [5.74, 6) is -5.16. The Morgan fingerprint density at radius 3 is 2.55 bits per heavy atom. The summed E-state index contributed by atoms with van der Waals surface area (Å²) in [4.78, 5) is 23.9.